The van der Waals surface area contributed by atoms with Gasteiger partial charge in [-0.1, -0.05) is 23.8 Å². The molecule has 0 spiro atoms. The fraction of sp³-hybridized carbons (Fsp3) is 0.316. The summed E-state index contributed by atoms with van der Waals surface area (Å²) in [6, 6.07) is 11.8. The highest BCUT2D eigenvalue weighted by Gasteiger charge is 2.03. The Labute approximate surface area is 137 Å². The molecule has 0 bridgehead atoms. The quantitative estimate of drug-likeness (QED) is 0.816. The van der Waals surface area contributed by atoms with Crippen LogP contribution in [-0.4, -0.2) is 19.2 Å². The molecule has 0 unspecified atom stereocenters. The van der Waals surface area contributed by atoms with Crippen LogP contribution in [-0.2, 0) is 0 Å². The van der Waals surface area contributed by atoms with Crippen molar-refractivity contribution in [3.63, 3.8) is 0 Å². The average Bonchev–Trinajstić information content (AvgIpc) is 2.44. The Morgan fingerprint density at radius 2 is 1.65 bits per heavy atom. The Balaban J connectivity index is 1.76. The lowest BCUT2D eigenvalue weighted by Crippen LogP contribution is -2.32. The lowest BCUT2D eigenvalue weighted by atomic mass is 10.1. The van der Waals surface area contributed by atoms with Gasteiger partial charge in [0.05, 0.1) is 6.54 Å². The number of rotatable bonds is 5. The molecule has 4 heteroatoms. The fourth-order valence-corrected chi connectivity index (χ4v) is 2.51. The first-order valence-electron chi connectivity index (χ1n) is 7.77. The highest BCUT2D eigenvalue weighted by molar-refractivity contribution is 5.89. The SMILES string of the molecule is Cc1cc(C)cc(NC(=O)NCCOc2ccc(C)cc2C)c1. The Bertz CT molecular complexity index is 676. The first kappa shape index (κ1) is 16.9. The summed E-state index contributed by atoms with van der Waals surface area (Å²) < 4.78 is 5.69. The summed E-state index contributed by atoms with van der Waals surface area (Å²) in [5, 5.41) is 5.63. The zero-order valence-electron chi connectivity index (χ0n) is 14.2. The predicted molar refractivity (Wildman–Crippen MR) is 94.3 cm³/mol. The van der Waals surface area contributed by atoms with E-state index >= 15 is 0 Å². The van der Waals surface area contributed by atoms with Crippen LogP contribution in [0.2, 0.25) is 0 Å². The van der Waals surface area contributed by atoms with Crippen molar-refractivity contribution in [3.8, 4) is 5.75 Å². The van der Waals surface area contributed by atoms with E-state index in [1.165, 1.54) is 5.56 Å². The normalized spacial score (nSPS) is 10.3. The third-order valence-corrected chi connectivity index (χ3v) is 3.46. The maximum Gasteiger partial charge on any atom is 0.319 e. The van der Waals surface area contributed by atoms with E-state index in [1.54, 1.807) is 0 Å². The number of benzene rings is 2. The van der Waals surface area contributed by atoms with Crippen molar-refractivity contribution in [2.45, 2.75) is 27.7 Å². The molecule has 2 N–H and O–H groups in total. The number of nitrogens with one attached hydrogen (secondary N) is 2. The van der Waals surface area contributed by atoms with Gasteiger partial charge in [0, 0.05) is 5.69 Å². The van der Waals surface area contributed by atoms with Crippen LogP contribution in [0, 0.1) is 27.7 Å². The zero-order chi connectivity index (χ0) is 16.8. The van der Waals surface area contributed by atoms with Crippen LogP contribution in [0.5, 0.6) is 5.75 Å². The summed E-state index contributed by atoms with van der Waals surface area (Å²) >= 11 is 0. The number of hydrogen-bond donors (Lipinski definition) is 2. The summed E-state index contributed by atoms with van der Waals surface area (Å²) in [5.41, 5.74) is 5.36. The van der Waals surface area contributed by atoms with Crippen LogP contribution in [0.4, 0.5) is 10.5 Å². The lowest BCUT2D eigenvalue weighted by Gasteiger charge is -2.11. The molecule has 122 valence electrons. The van der Waals surface area contributed by atoms with Crippen molar-refractivity contribution in [2.24, 2.45) is 0 Å². The molecule has 2 amide bonds. The van der Waals surface area contributed by atoms with Gasteiger partial charge in [-0.15, -0.1) is 0 Å². The second-order valence-electron chi connectivity index (χ2n) is 5.87. The van der Waals surface area contributed by atoms with Gasteiger partial charge >= 0.3 is 6.03 Å². The molecule has 2 rings (SSSR count). The molecule has 0 heterocycles. The lowest BCUT2D eigenvalue weighted by molar-refractivity contribution is 0.247. The van der Waals surface area contributed by atoms with E-state index in [0.29, 0.717) is 13.2 Å². The van der Waals surface area contributed by atoms with Crippen molar-refractivity contribution in [2.75, 3.05) is 18.5 Å². The maximum atomic E-state index is 11.9. The number of ether oxygens (including phenoxy) is 1. The minimum atomic E-state index is -0.223. The number of carbonyl (C=O) groups excluding carboxylic acids is 1. The smallest absolute Gasteiger partial charge is 0.319 e. The number of carbonyl (C=O) groups is 1. The van der Waals surface area contributed by atoms with Gasteiger partial charge in [0.2, 0.25) is 0 Å². The monoisotopic (exact) mass is 312 g/mol. The highest BCUT2D eigenvalue weighted by Crippen LogP contribution is 2.18. The fourth-order valence-electron chi connectivity index (χ4n) is 2.51. The molecule has 0 saturated heterocycles. The van der Waals surface area contributed by atoms with Crippen molar-refractivity contribution in [1.29, 1.82) is 0 Å². The Morgan fingerprint density at radius 3 is 2.30 bits per heavy atom. The highest BCUT2D eigenvalue weighted by atomic mass is 16.5. The van der Waals surface area contributed by atoms with Crippen molar-refractivity contribution in [3.05, 3.63) is 58.7 Å². The van der Waals surface area contributed by atoms with Crippen LogP contribution >= 0.6 is 0 Å². The molecule has 23 heavy (non-hydrogen) atoms. The van der Waals surface area contributed by atoms with Gasteiger partial charge in [-0.25, -0.2) is 4.79 Å². The van der Waals surface area contributed by atoms with E-state index in [2.05, 4.69) is 29.7 Å². The molecule has 0 aliphatic carbocycles. The Kier molecular flexibility index (Phi) is 5.63. The van der Waals surface area contributed by atoms with E-state index in [9.17, 15) is 4.79 Å². The summed E-state index contributed by atoms with van der Waals surface area (Å²) in [5.74, 6) is 0.854. The van der Waals surface area contributed by atoms with Crippen LogP contribution < -0.4 is 15.4 Å². The molecule has 0 aliphatic heterocycles. The summed E-state index contributed by atoms with van der Waals surface area (Å²) in [6.07, 6.45) is 0. The average molecular weight is 312 g/mol. The van der Waals surface area contributed by atoms with Crippen LogP contribution in [0.15, 0.2) is 36.4 Å². The minimum absolute atomic E-state index is 0.223. The van der Waals surface area contributed by atoms with Gasteiger partial charge in [0.15, 0.2) is 0 Å². The van der Waals surface area contributed by atoms with Crippen molar-refractivity contribution >= 4 is 11.7 Å². The predicted octanol–water partition coefficient (Wildman–Crippen LogP) is 4.12. The molecule has 0 atom stereocenters. The molecule has 0 aliphatic rings. The standard InChI is InChI=1S/C19H24N2O2/c1-13-5-6-18(16(4)10-13)23-8-7-20-19(22)21-17-11-14(2)9-15(3)12-17/h5-6,9-12H,7-8H2,1-4H3,(H2,20,21,22). The number of anilines is 1. The molecule has 2 aromatic carbocycles. The Hall–Kier alpha value is -2.49. The van der Waals surface area contributed by atoms with Crippen LogP contribution in [0.3, 0.4) is 0 Å². The van der Waals surface area contributed by atoms with Gasteiger partial charge in [0.1, 0.15) is 12.4 Å². The molecule has 4 nitrogen and oxygen atoms in total. The van der Waals surface area contributed by atoms with E-state index in [1.807, 2.05) is 45.0 Å². The van der Waals surface area contributed by atoms with Crippen LogP contribution in [0.1, 0.15) is 22.3 Å². The summed E-state index contributed by atoms with van der Waals surface area (Å²) in [7, 11) is 0. The molecular weight excluding hydrogens is 288 g/mol. The number of hydrogen-bond acceptors (Lipinski definition) is 2. The van der Waals surface area contributed by atoms with Crippen LogP contribution in [0.25, 0.3) is 0 Å². The third-order valence-electron chi connectivity index (χ3n) is 3.46. The van der Waals surface area contributed by atoms with E-state index in [-0.39, 0.29) is 6.03 Å². The number of urea groups is 1. The second-order valence-corrected chi connectivity index (χ2v) is 5.87. The third kappa shape index (κ3) is 5.33. The molecule has 0 radical (unpaired) electrons. The Morgan fingerprint density at radius 1 is 0.957 bits per heavy atom. The molecule has 0 fully saturated rings. The molecule has 2 aromatic rings. The van der Waals surface area contributed by atoms with Gasteiger partial charge < -0.3 is 15.4 Å². The van der Waals surface area contributed by atoms with Gasteiger partial charge in [-0.2, -0.15) is 0 Å². The summed E-state index contributed by atoms with van der Waals surface area (Å²) in [6.45, 7) is 8.97. The van der Waals surface area contributed by atoms with Gasteiger partial charge in [0.25, 0.3) is 0 Å². The van der Waals surface area contributed by atoms with E-state index in [4.69, 9.17) is 4.74 Å². The first-order chi connectivity index (χ1) is 10.9. The first-order valence-corrected chi connectivity index (χ1v) is 7.77. The molecule has 0 saturated carbocycles. The van der Waals surface area contributed by atoms with E-state index in [0.717, 1.165) is 28.1 Å². The molecule has 0 aromatic heterocycles. The summed E-state index contributed by atoms with van der Waals surface area (Å²) in [4.78, 5) is 11.9. The second kappa shape index (κ2) is 7.68. The molecular formula is C19H24N2O2. The van der Waals surface area contributed by atoms with E-state index < -0.39 is 0 Å². The maximum absolute atomic E-state index is 11.9. The van der Waals surface area contributed by atoms with Gasteiger partial charge in [-0.3, -0.25) is 0 Å². The number of aryl methyl sites for hydroxylation is 4. The van der Waals surface area contributed by atoms with Crippen molar-refractivity contribution in [1.82, 2.24) is 5.32 Å². The van der Waals surface area contributed by atoms with Gasteiger partial charge in [-0.05, 0) is 62.6 Å². The largest absolute Gasteiger partial charge is 0.491 e. The topological polar surface area (TPSA) is 50.4 Å². The van der Waals surface area contributed by atoms with Crippen molar-refractivity contribution < 1.29 is 9.53 Å². The zero-order valence-corrected chi connectivity index (χ0v) is 14.2. The minimum Gasteiger partial charge on any atom is -0.491 e. The number of amides is 2.